The van der Waals surface area contributed by atoms with Crippen LogP contribution in [-0.2, 0) is 0 Å². The molecule has 0 bridgehead atoms. The average Bonchev–Trinajstić information content (AvgIpc) is 2.37. The minimum atomic E-state index is -0.977. The Labute approximate surface area is 109 Å². The van der Waals surface area contributed by atoms with E-state index in [-0.39, 0.29) is 5.48 Å². The molecule has 6 nitrogen and oxygen atoms in total. The maximum Gasteiger partial charge on any atom is 0.196 e. The van der Waals surface area contributed by atoms with Crippen molar-refractivity contribution in [2.24, 2.45) is 0 Å². The Morgan fingerprint density at radius 3 is 0.889 bits per heavy atom. The lowest BCUT2D eigenvalue weighted by atomic mass is 10.1. The van der Waals surface area contributed by atoms with Crippen molar-refractivity contribution < 1.29 is 30.4 Å². The molecule has 6 heteroatoms. The fourth-order valence-corrected chi connectivity index (χ4v) is 2.46. The fraction of sp³-hybridized carbons (Fsp3) is 1.00. The number of rotatable bonds is 8. The maximum atomic E-state index is 10.2. The van der Waals surface area contributed by atoms with Gasteiger partial charge in [0.1, 0.15) is 0 Å². The van der Waals surface area contributed by atoms with Gasteiger partial charge >= 0.3 is 0 Å². The van der Waals surface area contributed by atoms with E-state index in [0.29, 0.717) is 25.7 Å². The second kappa shape index (κ2) is 8.79. The number of hydrogen-bond acceptors (Lipinski definition) is 5. The monoisotopic (exact) mass is 267 g/mol. The molecule has 0 aliphatic heterocycles. The van der Waals surface area contributed by atoms with Gasteiger partial charge in [0.25, 0.3) is 0 Å². The fourth-order valence-electron chi connectivity index (χ4n) is 2.46. The predicted molar refractivity (Wildman–Crippen MR) is 67.4 cm³/mol. The molecule has 4 atom stereocenters. The molecule has 4 unspecified atom stereocenters. The molecule has 0 aliphatic rings. The van der Waals surface area contributed by atoms with Crippen molar-refractivity contribution in [3.8, 4) is 0 Å². The van der Waals surface area contributed by atoms with E-state index < -0.39 is 29.4 Å². The summed E-state index contributed by atoms with van der Waals surface area (Å²) in [6, 6.07) is 0. The van der Waals surface area contributed by atoms with Crippen molar-refractivity contribution in [2.75, 3.05) is 0 Å². The standard InChI is InChI=1S/C12H28NO4.H2O/c1-5-9(14)13(10(15)6-2,11(16)7-3)12(17)8-4;/h9-12,14-17H,5-8H2,1-4H3;1H2/q+1;/p-1. The first-order valence-electron chi connectivity index (χ1n) is 6.53. The van der Waals surface area contributed by atoms with Crippen LogP contribution < -0.4 is 0 Å². The molecule has 0 spiro atoms. The highest BCUT2D eigenvalue weighted by Gasteiger charge is 2.51. The Bertz CT molecular complexity index is 169. The van der Waals surface area contributed by atoms with E-state index in [4.69, 9.17) is 0 Å². The van der Waals surface area contributed by atoms with Gasteiger partial charge in [-0.15, -0.1) is 0 Å². The van der Waals surface area contributed by atoms with Gasteiger partial charge in [-0.3, -0.25) is 0 Å². The van der Waals surface area contributed by atoms with E-state index in [2.05, 4.69) is 0 Å². The lowest BCUT2D eigenvalue weighted by Crippen LogP contribution is -2.71. The molecule has 0 amide bonds. The topological polar surface area (TPSA) is 111 Å². The summed E-state index contributed by atoms with van der Waals surface area (Å²) in [4.78, 5) is 0. The average molecular weight is 267 g/mol. The van der Waals surface area contributed by atoms with Crippen molar-refractivity contribution in [3.63, 3.8) is 0 Å². The predicted octanol–water partition coefficient (Wildman–Crippen LogP) is 0.540. The zero-order valence-electron chi connectivity index (χ0n) is 11.8. The molecule has 0 aromatic heterocycles. The van der Waals surface area contributed by atoms with E-state index in [0.717, 1.165) is 0 Å². The Morgan fingerprint density at radius 2 is 0.778 bits per heavy atom. The van der Waals surface area contributed by atoms with Crippen LogP contribution in [0.4, 0.5) is 0 Å². The zero-order valence-corrected chi connectivity index (χ0v) is 11.8. The van der Waals surface area contributed by atoms with Crippen LogP contribution in [0.5, 0.6) is 0 Å². The van der Waals surface area contributed by atoms with Gasteiger partial charge in [-0.25, -0.2) is 4.48 Å². The van der Waals surface area contributed by atoms with Crippen LogP contribution in [0.15, 0.2) is 0 Å². The zero-order chi connectivity index (χ0) is 13.6. The molecular formula is C12H29NO5. The van der Waals surface area contributed by atoms with Crippen molar-refractivity contribution >= 4 is 0 Å². The molecule has 0 aromatic carbocycles. The van der Waals surface area contributed by atoms with Gasteiger partial charge < -0.3 is 25.9 Å². The second-order valence-corrected chi connectivity index (χ2v) is 4.45. The highest BCUT2D eigenvalue weighted by atomic mass is 16.4. The molecule has 0 aromatic rings. The van der Waals surface area contributed by atoms with E-state index in [1.54, 1.807) is 27.7 Å². The van der Waals surface area contributed by atoms with Crippen LogP contribution >= 0.6 is 0 Å². The summed E-state index contributed by atoms with van der Waals surface area (Å²) in [5.74, 6) is 0. The highest BCUT2D eigenvalue weighted by molar-refractivity contribution is 4.57. The first kappa shape index (κ1) is 20.1. The van der Waals surface area contributed by atoms with E-state index in [9.17, 15) is 20.4 Å². The smallest absolute Gasteiger partial charge is 0.196 e. The van der Waals surface area contributed by atoms with Gasteiger partial charge in [0.2, 0.25) is 0 Å². The maximum absolute atomic E-state index is 10.2. The third-order valence-electron chi connectivity index (χ3n) is 3.53. The largest absolute Gasteiger partial charge is 0.870 e. The molecule has 18 heavy (non-hydrogen) atoms. The Morgan fingerprint density at radius 1 is 0.611 bits per heavy atom. The van der Waals surface area contributed by atoms with Gasteiger partial charge in [0.15, 0.2) is 24.9 Å². The third kappa shape index (κ3) is 3.40. The van der Waals surface area contributed by atoms with Gasteiger partial charge in [0.05, 0.1) is 0 Å². The molecule has 0 aliphatic carbocycles. The normalized spacial score (nSPS) is 21.3. The Hall–Kier alpha value is -0.240. The number of hydrogen-bond donors (Lipinski definition) is 4. The summed E-state index contributed by atoms with van der Waals surface area (Å²) in [5, 5.41) is 40.7. The summed E-state index contributed by atoms with van der Waals surface area (Å²) in [7, 11) is 0. The summed E-state index contributed by atoms with van der Waals surface area (Å²) >= 11 is 0. The van der Waals surface area contributed by atoms with Crippen molar-refractivity contribution in [1.82, 2.24) is 0 Å². The molecule has 112 valence electrons. The SMILES string of the molecule is CCC(O)[N+](C(O)CC)(C(O)CC)C(O)CC.[OH-]. The molecule has 0 fully saturated rings. The van der Waals surface area contributed by atoms with E-state index in [1.165, 1.54) is 0 Å². The summed E-state index contributed by atoms with van der Waals surface area (Å²) in [5.41, 5.74) is 0. The first-order chi connectivity index (χ1) is 7.93. The molecule has 0 heterocycles. The lowest BCUT2D eigenvalue weighted by molar-refractivity contribution is -1.08. The Kier molecular flexibility index (Phi) is 9.81. The van der Waals surface area contributed by atoms with Crippen LogP contribution in [0, 0.1) is 0 Å². The number of aliphatic hydroxyl groups is 4. The highest BCUT2D eigenvalue weighted by Crippen LogP contribution is 2.30. The van der Waals surface area contributed by atoms with Crippen molar-refractivity contribution in [3.05, 3.63) is 0 Å². The molecule has 0 rings (SSSR count). The van der Waals surface area contributed by atoms with Gasteiger partial charge in [-0.2, -0.15) is 0 Å². The number of quaternary nitrogens is 1. The van der Waals surface area contributed by atoms with Gasteiger partial charge in [-0.1, -0.05) is 27.7 Å². The van der Waals surface area contributed by atoms with Crippen molar-refractivity contribution in [1.29, 1.82) is 0 Å². The van der Waals surface area contributed by atoms with Crippen LogP contribution in [0.3, 0.4) is 0 Å². The first-order valence-corrected chi connectivity index (χ1v) is 6.53. The molecule has 5 N–H and O–H groups in total. The van der Waals surface area contributed by atoms with Crippen LogP contribution in [0.25, 0.3) is 0 Å². The molecule has 0 saturated carbocycles. The van der Waals surface area contributed by atoms with E-state index >= 15 is 0 Å². The summed E-state index contributed by atoms with van der Waals surface area (Å²) in [6.45, 7) is 7.07. The molecule has 0 radical (unpaired) electrons. The minimum absolute atomic E-state index is 0. The van der Waals surface area contributed by atoms with Crippen LogP contribution in [0.1, 0.15) is 53.4 Å². The van der Waals surface area contributed by atoms with Gasteiger partial charge in [-0.05, 0) is 0 Å². The number of aliphatic hydroxyl groups excluding tert-OH is 4. The summed E-state index contributed by atoms with van der Waals surface area (Å²) in [6.07, 6.45) is -2.44. The van der Waals surface area contributed by atoms with Gasteiger partial charge in [0, 0.05) is 25.7 Å². The van der Waals surface area contributed by atoms with Crippen molar-refractivity contribution in [2.45, 2.75) is 78.3 Å². The number of nitrogens with zero attached hydrogens (tertiary/aromatic N) is 1. The third-order valence-corrected chi connectivity index (χ3v) is 3.53. The van der Waals surface area contributed by atoms with E-state index in [1.807, 2.05) is 0 Å². The lowest BCUT2D eigenvalue weighted by Gasteiger charge is -2.50. The Balaban J connectivity index is 0. The quantitative estimate of drug-likeness (QED) is 0.379. The minimum Gasteiger partial charge on any atom is -0.870 e. The molecule has 0 saturated heterocycles. The molecular weight excluding hydrogens is 238 g/mol. The van der Waals surface area contributed by atoms with Crippen LogP contribution in [0.2, 0.25) is 0 Å². The van der Waals surface area contributed by atoms with Crippen LogP contribution in [-0.4, -0.2) is 55.3 Å². The summed E-state index contributed by atoms with van der Waals surface area (Å²) < 4.78 is -0.458. The second-order valence-electron chi connectivity index (χ2n) is 4.45.